The number of hydrogen-bond acceptors (Lipinski definition) is 4. The van der Waals surface area contributed by atoms with Gasteiger partial charge in [-0.05, 0) is 25.1 Å². The Labute approximate surface area is 192 Å². The standard InChI is InChI=1S/C24H22F5N5/c1-14(16-3-2-4-18(20(16)25)21(26)27)31-22-19-13-15(33-10-7-24(28,29)8-11-33)5-6-17(19)23-30-9-12-34(23)32-22/h2-6,9,12-14,21H,7-8,10-11H2,1H3,(H,31,32). The van der Waals surface area contributed by atoms with E-state index in [4.69, 9.17) is 0 Å². The number of alkyl halides is 4. The van der Waals surface area contributed by atoms with Crippen LogP contribution < -0.4 is 10.2 Å². The van der Waals surface area contributed by atoms with Crippen molar-refractivity contribution in [2.75, 3.05) is 23.3 Å². The molecule has 5 nitrogen and oxygen atoms in total. The molecule has 0 bridgehead atoms. The van der Waals surface area contributed by atoms with Crippen LogP contribution in [0.1, 0.15) is 43.4 Å². The van der Waals surface area contributed by atoms with Gasteiger partial charge >= 0.3 is 0 Å². The van der Waals surface area contributed by atoms with Gasteiger partial charge in [0.15, 0.2) is 11.5 Å². The zero-order valence-corrected chi connectivity index (χ0v) is 18.3. The molecular weight excluding hydrogens is 453 g/mol. The van der Waals surface area contributed by atoms with E-state index < -0.39 is 29.8 Å². The molecule has 178 valence electrons. The van der Waals surface area contributed by atoms with Crippen LogP contribution in [0.4, 0.5) is 33.5 Å². The van der Waals surface area contributed by atoms with Crippen LogP contribution in [-0.2, 0) is 0 Å². The summed E-state index contributed by atoms with van der Waals surface area (Å²) in [5.74, 6) is -3.21. The number of piperidine rings is 1. The van der Waals surface area contributed by atoms with Crippen molar-refractivity contribution in [3.63, 3.8) is 0 Å². The number of anilines is 2. The Bertz CT molecular complexity index is 1340. The number of nitrogens with zero attached hydrogens (tertiary/aromatic N) is 4. The molecule has 0 spiro atoms. The lowest BCUT2D eigenvalue weighted by Gasteiger charge is -2.33. The van der Waals surface area contributed by atoms with Crippen molar-refractivity contribution in [1.29, 1.82) is 0 Å². The molecule has 5 rings (SSSR count). The molecular formula is C24H22F5N5. The predicted molar refractivity (Wildman–Crippen MR) is 120 cm³/mol. The zero-order chi connectivity index (χ0) is 24.0. The van der Waals surface area contributed by atoms with Crippen LogP contribution in [0, 0.1) is 5.82 Å². The summed E-state index contributed by atoms with van der Waals surface area (Å²) >= 11 is 0. The Morgan fingerprint density at radius 3 is 2.50 bits per heavy atom. The van der Waals surface area contributed by atoms with Crippen molar-refractivity contribution >= 4 is 27.9 Å². The summed E-state index contributed by atoms with van der Waals surface area (Å²) in [5.41, 5.74) is 0.809. The van der Waals surface area contributed by atoms with Crippen molar-refractivity contribution in [1.82, 2.24) is 14.6 Å². The number of hydrogen-bond donors (Lipinski definition) is 1. The SMILES string of the molecule is CC(Nc1nn2ccnc2c2ccc(N3CCC(F)(F)CC3)cc12)c1cccc(C(F)F)c1F. The molecule has 1 saturated heterocycles. The monoisotopic (exact) mass is 475 g/mol. The Morgan fingerprint density at radius 1 is 1.03 bits per heavy atom. The average molecular weight is 475 g/mol. The van der Waals surface area contributed by atoms with Gasteiger partial charge < -0.3 is 10.2 Å². The van der Waals surface area contributed by atoms with E-state index in [1.807, 2.05) is 23.1 Å². The van der Waals surface area contributed by atoms with E-state index in [2.05, 4.69) is 15.4 Å². The highest BCUT2D eigenvalue weighted by atomic mass is 19.3. The minimum atomic E-state index is -2.92. The molecule has 2 aromatic carbocycles. The van der Waals surface area contributed by atoms with Gasteiger partial charge in [0, 0.05) is 60.3 Å². The van der Waals surface area contributed by atoms with E-state index in [9.17, 15) is 22.0 Å². The third kappa shape index (κ3) is 4.01. The molecule has 0 aliphatic carbocycles. The molecule has 0 radical (unpaired) electrons. The van der Waals surface area contributed by atoms with Gasteiger partial charge in [-0.25, -0.2) is 31.5 Å². The maximum atomic E-state index is 14.7. The number of fused-ring (bicyclic) bond motifs is 3. The number of nitrogens with one attached hydrogen (secondary N) is 1. The molecule has 0 saturated carbocycles. The molecule has 1 atom stereocenters. The molecule has 1 aliphatic rings. The maximum Gasteiger partial charge on any atom is 0.266 e. The second kappa shape index (κ2) is 8.41. The molecule has 1 fully saturated rings. The number of rotatable bonds is 5. The first kappa shape index (κ1) is 22.4. The minimum absolute atomic E-state index is 0.0906. The number of aromatic nitrogens is 3. The van der Waals surface area contributed by atoms with Crippen LogP contribution in [0.5, 0.6) is 0 Å². The molecule has 0 amide bonds. The predicted octanol–water partition coefficient (Wildman–Crippen LogP) is 6.37. The van der Waals surface area contributed by atoms with Crippen LogP contribution >= 0.6 is 0 Å². The van der Waals surface area contributed by atoms with Crippen LogP contribution in [0.2, 0.25) is 0 Å². The molecule has 3 heterocycles. The average Bonchev–Trinajstić information content (AvgIpc) is 3.27. The fourth-order valence-electron chi connectivity index (χ4n) is 4.40. The first-order chi connectivity index (χ1) is 16.2. The Balaban J connectivity index is 1.55. The zero-order valence-electron chi connectivity index (χ0n) is 18.3. The number of benzene rings is 2. The molecule has 2 aromatic heterocycles. The first-order valence-corrected chi connectivity index (χ1v) is 11.0. The van der Waals surface area contributed by atoms with Crippen molar-refractivity contribution < 1.29 is 22.0 Å². The van der Waals surface area contributed by atoms with E-state index >= 15 is 0 Å². The van der Waals surface area contributed by atoms with Gasteiger partial charge in [0.1, 0.15) is 5.82 Å². The molecule has 34 heavy (non-hydrogen) atoms. The summed E-state index contributed by atoms with van der Waals surface area (Å²) in [6, 6.07) is 8.81. The van der Waals surface area contributed by atoms with Crippen LogP contribution in [0.15, 0.2) is 48.8 Å². The highest BCUT2D eigenvalue weighted by Crippen LogP contribution is 2.35. The van der Waals surface area contributed by atoms with Crippen LogP contribution in [0.25, 0.3) is 16.4 Å². The number of imidazole rings is 1. The lowest BCUT2D eigenvalue weighted by atomic mass is 10.0. The first-order valence-electron chi connectivity index (χ1n) is 11.0. The fraction of sp³-hybridized carbons (Fsp3) is 0.333. The lowest BCUT2D eigenvalue weighted by Crippen LogP contribution is -2.39. The maximum absolute atomic E-state index is 14.7. The molecule has 1 unspecified atom stereocenters. The topological polar surface area (TPSA) is 45.5 Å². The summed E-state index contributed by atoms with van der Waals surface area (Å²) in [5, 5.41) is 9.15. The van der Waals surface area contributed by atoms with Gasteiger partial charge in [-0.2, -0.15) is 0 Å². The Kier molecular flexibility index (Phi) is 5.53. The summed E-state index contributed by atoms with van der Waals surface area (Å²) in [6.07, 6.45) is -0.0903. The Hall–Kier alpha value is -3.43. The van der Waals surface area contributed by atoms with Crippen molar-refractivity contribution in [3.05, 3.63) is 65.7 Å². The van der Waals surface area contributed by atoms with Crippen LogP contribution in [0.3, 0.4) is 0 Å². The highest BCUT2D eigenvalue weighted by molar-refractivity contribution is 6.01. The summed E-state index contributed by atoms with van der Waals surface area (Å²) in [4.78, 5) is 6.24. The second-order valence-electron chi connectivity index (χ2n) is 8.53. The van der Waals surface area contributed by atoms with Crippen molar-refractivity contribution in [3.8, 4) is 0 Å². The van der Waals surface area contributed by atoms with Gasteiger partial charge in [0.05, 0.1) is 11.6 Å². The quantitative estimate of drug-likeness (QED) is 0.341. The van der Waals surface area contributed by atoms with Crippen molar-refractivity contribution in [2.45, 2.75) is 38.2 Å². The van der Waals surface area contributed by atoms with Gasteiger partial charge in [-0.15, -0.1) is 5.10 Å². The molecule has 4 aromatic rings. The van der Waals surface area contributed by atoms with Gasteiger partial charge in [-0.1, -0.05) is 18.2 Å². The Morgan fingerprint density at radius 2 is 1.76 bits per heavy atom. The third-order valence-electron chi connectivity index (χ3n) is 6.30. The van der Waals surface area contributed by atoms with Gasteiger partial charge in [-0.3, -0.25) is 0 Å². The summed E-state index contributed by atoms with van der Waals surface area (Å²) < 4.78 is 69.9. The number of halogens is 5. The largest absolute Gasteiger partial charge is 0.371 e. The van der Waals surface area contributed by atoms with Crippen molar-refractivity contribution in [2.24, 2.45) is 0 Å². The molecule has 1 N–H and O–H groups in total. The molecule has 10 heteroatoms. The van der Waals surface area contributed by atoms with E-state index in [0.29, 0.717) is 16.9 Å². The van der Waals surface area contributed by atoms with E-state index in [1.165, 1.54) is 12.1 Å². The normalized spacial score (nSPS) is 17.0. The van der Waals surface area contributed by atoms with E-state index in [0.717, 1.165) is 17.1 Å². The summed E-state index contributed by atoms with van der Waals surface area (Å²) in [6.45, 7) is 2.11. The fourth-order valence-corrected chi connectivity index (χ4v) is 4.40. The van der Waals surface area contributed by atoms with Gasteiger partial charge in [0.2, 0.25) is 0 Å². The second-order valence-corrected chi connectivity index (χ2v) is 8.53. The highest BCUT2D eigenvalue weighted by Gasteiger charge is 2.34. The summed E-state index contributed by atoms with van der Waals surface area (Å²) in [7, 11) is 0. The van der Waals surface area contributed by atoms with Gasteiger partial charge in [0.25, 0.3) is 12.3 Å². The lowest BCUT2D eigenvalue weighted by molar-refractivity contribution is -0.0220. The molecule has 1 aliphatic heterocycles. The van der Waals surface area contributed by atoms with E-state index in [-0.39, 0.29) is 31.5 Å². The minimum Gasteiger partial charge on any atom is -0.371 e. The van der Waals surface area contributed by atoms with E-state index in [1.54, 1.807) is 23.8 Å². The van der Waals surface area contributed by atoms with Crippen LogP contribution in [-0.4, -0.2) is 33.6 Å². The smallest absolute Gasteiger partial charge is 0.266 e. The third-order valence-corrected chi connectivity index (χ3v) is 6.30.